The van der Waals surface area contributed by atoms with Gasteiger partial charge in [-0.2, -0.15) is 9.40 Å². The molecular formula is C21H26N4O3S2. The number of fused-ring (bicyclic) bond motifs is 1. The lowest BCUT2D eigenvalue weighted by molar-refractivity contribution is 0.0946. The number of nitrogens with zero attached hydrogens (tertiary/aromatic N) is 3. The van der Waals surface area contributed by atoms with E-state index < -0.39 is 10.0 Å². The summed E-state index contributed by atoms with van der Waals surface area (Å²) < 4.78 is 30.6. The molecule has 1 atom stereocenters. The first-order valence-corrected chi connectivity index (χ1v) is 12.3. The number of thiophene rings is 1. The third kappa shape index (κ3) is 3.55. The average molecular weight is 447 g/mol. The van der Waals surface area contributed by atoms with Gasteiger partial charge in [-0.05, 0) is 44.2 Å². The largest absolute Gasteiger partial charge is 0.349 e. The van der Waals surface area contributed by atoms with Gasteiger partial charge in [0.25, 0.3) is 5.91 Å². The van der Waals surface area contributed by atoms with Crippen LogP contribution in [-0.4, -0.2) is 47.5 Å². The summed E-state index contributed by atoms with van der Waals surface area (Å²) in [6, 6.07) is 7.99. The molecule has 4 rings (SSSR count). The van der Waals surface area contributed by atoms with Crippen LogP contribution in [0.4, 0.5) is 0 Å². The molecule has 0 aliphatic carbocycles. The van der Waals surface area contributed by atoms with Crippen molar-refractivity contribution in [2.75, 3.05) is 13.1 Å². The van der Waals surface area contributed by atoms with E-state index in [9.17, 15) is 13.2 Å². The van der Waals surface area contributed by atoms with Crippen molar-refractivity contribution in [1.29, 1.82) is 0 Å². The van der Waals surface area contributed by atoms with Crippen molar-refractivity contribution >= 4 is 37.4 Å². The zero-order chi connectivity index (χ0) is 21.6. The minimum Gasteiger partial charge on any atom is -0.349 e. The quantitative estimate of drug-likeness (QED) is 0.652. The Morgan fingerprint density at radius 2 is 2.03 bits per heavy atom. The first-order valence-electron chi connectivity index (χ1n) is 10.0. The van der Waals surface area contributed by atoms with Crippen LogP contribution in [0.15, 0.2) is 35.4 Å². The van der Waals surface area contributed by atoms with E-state index in [2.05, 4.69) is 10.4 Å². The SMILES string of the molecule is Cc1c(S(=O)(=O)N2CC[C@@H](c3c(C(=O)NC(C)C)sc4ccccc34)C2)cnn1C. The Balaban J connectivity index is 1.70. The molecule has 1 fully saturated rings. The fourth-order valence-electron chi connectivity index (χ4n) is 4.02. The van der Waals surface area contributed by atoms with Gasteiger partial charge in [0.05, 0.1) is 16.8 Å². The van der Waals surface area contributed by atoms with Gasteiger partial charge in [-0.3, -0.25) is 9.48 Å². The fourth-order valence-corrected chi connectivity index (χ4v) is 6.90. The number of hydrogen-bond donors (Lipinski definition) is 1. The molecule has 0 saturated carbocycles. The predicted octanol–water partition coefficient (Wildman–Crippen LogP) is 3.26. The van der Waals surface area contributed by atoms with Crippen LogP contribution < -0.4 is 5.32 Å². The Kier molecular flexibility index (Phi) is 5.46. The van der Waals surface area contributed by atoms with E-state index in [1.807, 2.05) is 38.1 Å². The van der Waals surface area contributed by atoms with E-state index in [1.165, 1.54) is 21.8 Å². The van der Waals surface area contributed by atoms with E-state index in [1.54, 1.807) is 18.7 Å². The summed E-state index contributed by atoms with van der Waals surface area (Å²) in [6.45, 7) is 6.42. The van der Waals surface area contributed by atoms with Crippen LogP contribution in [-0.2, 0) is 17.1 Å². The van der Waals surface area contributed by atoms with E-state index in [-0.39, 0.29) is 22.8 Å². The number of hydrogen-bond acceptors (Lipinski definition) is 5. The van der Waals surface area contributed by atoms with Gasteiger partial charge in [-0.1, -0.05) is 18.2 Å². The molecule has 3 heterocycles. The number of benzene rings is 1. The Bertz CT molecular complexity index is 1210. The Morgan fingerprint density at radius 1 is 1.30 bits per heavy atom. The lowest BCUT2D eigenvalue weighted by Gasteiger charge is -2.17. The molecule has 9 heteroatoms. The van der Waals surface area contributed by atoms with Gasteiger partial charge in [0, 0.05) is 36.8 Å². The number of sulfonamides is 1. The van der Waals surface area contributed by atoms with Crippen LogP contribution in [0.5, 0.6) is 0 Å². The predicted molar refractivity (Wildman–Crippen MR) is 118 cm³/mol. The summed E-state index contributed by atoms with van der Waals surface area (Å²) in [7, 11) is -1.89. The maximum absolute atomic E-state index is 13.2. The topological polar surface area (TPSA) is 84.3 Å². The van der Waals surface area contributed by atoms with Crippen LogP contribution >= 0.6 is 11.3 Å². The lowest BCUT2D eigenvalue weighted by atomic mass is 9.95. The van der Waals surface area contributed by atoms with Gasteiger partial charge in [-0.25, -0.2) is 8.42 Å². The van der Waals surface area contributed by atoms with Gasteiger partial charge >= 0.3 is 0 Å². The number of carbonyl (C=O) groups is 1. The molecule has 1 N–H and O–H groups in total. The zero-order valence-corrected chi connectivity index (χ0v) is 19.2. The molecule has 2 aromatic heterocycles. The number of nitrogens with one attached hydrogen (secondary N) is 1. The molecule has 1 aliphatic heterocycles. The van der Waals surface area contributed by atoms with Crippen LogP contribution in [0, 0.1) is 6.92 Å². The van der Waals surface area contributed by atoms with Crippen molar-refractivity contribution in [3.8, 4) is 0 Å². The molecule has 0 unspecified atom stereocenters. The van der Waals surface area contributed by atoms with Crippen molar-refractivity contribution in [2.24, 2.45) is 7.05 Å². The van der Waals surface area contributed by atoms with Crippen molar-refractivity contribution < 1.29 is 13.2 Å². The number of aromatic nitrogens is 2. The van der Waals surface area contributed by atoms with Crippen LogP contribution in [0.2, 0.25) is 0 Å². The highest BCUT2D eigenvalue weighted by Gasteiger charge is 2.37. The van der Waals surface area contributed by atoms with E-state index >= 15 is 0 Å². The first kappa shape index (κ1) is 21.0. The molecule has 0 radical (unpaired) electrons. The van der Waals surface area contributed by atoms with Crippen LogP contribution in [0.25, 0.3) is 10.1 Å². The molecule has 7 nitrogen and oxygen atoms in total. The molecule has 1 saturated heterocycles. The normalized spacial score (nSPS) is 17.8. The maximum Gasteiger partial charge on any atom is 0.261 e. The van der Waals surface area contributed by atoms with E-state index in [4.69, 9.17) is 0 Å². The summed E-state index contributed by atoms with van der Waals surface area (Å²) in [5.41, 5.74) is 1.59. The summed E-state index contributed by atoms with van der Waals surface area (Å²) in [5.74, 6) is -0.119. The maximum atomic E-state index is 13.2. The van der Waals surface area contributed by atoms with E-state index in [0.717, 1.165) is 15.6 Å². The summed E-state index contributed by atoms with van der Waals surface area (Å²) in [5, 5.41) is 8.12. The van der Waals surface area contributed by atoms with Gasteiger partial charge in [0.15, 0.2) is 0 Å². The average Bonchev–Trinajstić information content (AvgIpc) is 3.39. The minimum atomic E-state index is -3.63. The second kappa shape index (κ2) is 7.79. The number of amides is 1. The lowest BCUT2D eigenvalue weighted by Crippen LogP contribution is -2.31. The molecule has 0 spiro atoms. The molecule has 1 amide bonds. The Morgan fingerprint density at radius 3 is 2.70 bits per heavy atom. The molecule has 1 aliphatic rings. The smallest absolute Gasteiger partial charge is 0.261 e. The van der Waals surface area contributed by atoms with Crippen molar-refractivity contribution in [3.63, 3.8) is 0 Å². The Labute approximate surface area is 180 Å². The highest BCUT2D eigenvalue weighted by atomic mass is 32.2. The summed E-state index contributed by atoms with van der Waals surface area (Å²) >= 11 is 1.48. The summed E-state index contributed by atoms with van der Waals surface area (Å²) in [6.07, 6.45) is 2.10. The third-order valence-corrected chi connectivity index (χ3v) is 8.78. The monoisotopic (exact) mass is 446 g/mol. The molecule has 0 bridgehead atoms. The number of carbonyl (C=O) groups excluding carboxylic acids is 1. The zero-order valence-electron chi connectivity index (χ0n) is 17.5. The number of aryl methyl sites for hydroxylation is 1. The molecule has 30 heavy (non-hydrogen) atoms. The molecule has 1 aromatic carbocycles. The number of rotatable bonds is 5. The fraction of sp³-hybridized carbons (Fsp3) is 0.429. The van der Waals surface area contributed by atoms with Gasteiger partial charge in [-0.15, -0.1) is 11.3 Å². The van der Waals surface area contributed by atoms with Crippen molar-refractivity contribution in [3.05, 3.63) is 46.6 Å². The highest BCUT2D eigenvalue weighted by Crippen LogP contribution is 2.41. The van der Waals surface area contributed by atoms with Crippen LogP contribution in [0.3, 0.4) is 0 Å². The van der Waals surface area contributed by atoms with Gasteiger partial charge in [0.2, 0.25) is 10.0 Å². The van der Waals surface area contributed by atoms with Crippen LogP contribution in [0.1, 0.15) is 47.1 Å². The molecule has 3 aromatic rings. The molecular weight excluding hydrogens is 420 g/mol. The third-order valence-electron chi connectivity index (χ3n) is 5.63. The standard InChI is InChI=1S/C21H26N4O3S2/c1-13(2)23-21(26)20-19(16-7-5-6-8-17(16)29-20)15-9-10-25(12-15)30(27,28)18-11-22-24(4)14(18)3/h5-8,11,13,15H,9-10,12H2,1-4H3,(H,23,26)/t15-/m1/s1. The molecule has 160 valence electrons. The van der Waals surface area contributed by atoms with Crippen molar-refractivity contribution in [2.45, 2.75) is 44.0 Å². The first-order chi connectivity index (χ1) is 14.2. The minimum absolute atomic E-state index is 0.0270. The summed E-state index contributed by atoms with van der Waals surface area (Å²) in [4.78, 5) is 13.8. The second-order valence-electron chi connectivity index (χ2n) is 8.04. The Hall–Kier alpha value is -2.23. The van der Waals surface area contributed by atoms with Crippen molar-refractivity contribution in [1.82, 2.24) is 19.4 Å². The van der Waals surface area contributed by atoms with E-state index in [0.29, 0.717) is 30.1 Å². The highest BCUT2D eigenvalue weighted by molar-refractivity contribution is 7.89. The van der Waals surface area contributed by atoms with Gasteiger partial charge < -0.3 is 5.32 Å². The second-order valence-corrected chi connectivity index (χ2v) is 11.0. The van der Waals surface area contributed by atoms with Gasteiger partial charge in [0.1, 0.15) is 4.90 Å².